The van der Waals surface area contributed by atoms with Crippen LogP contribution in [0.2, 0.25) is 0 Å². The maximum Gasteiger partial charge on any atom is 0.222 e. The Morgan fingerprint density at radius 2 is 2.23 bits per heavy atom. The van der Waals surface area contributed by atoms with E-state index in [0.29, 0.717) is 5.56 Å². The van der Waals surface area contributed by atoms with Crippen LogP contribution in [0.3, 0.4) is 0 Å². The molecule has 0 aliphatic rings. The number of anilines is 1. The van der Waals surface area contributed by atoms with E-state index in [9.17, 15) is 4.39 Å². The van der Waals surface area contributed by atoms with E-state index in [1.54, 1.807) is 6.08 Å². The summed E-state index contributed by atoms with van der Waals surface area (Å²) in [6, 6.07) is 0. The fraction of sp³-hybridized carbons (Fsp3) is 0.333. The van der Waals surface area contributed by atoms with Crippen molar-refractivity contribution in [2.45, 2.75) is 19.3 Å². The highest BCUT2D eigenvalue weighted by Gasteiger charge is 2.21. The van der Waals surface area contributed by atoms with E-state index in [2.05, 4.69) is 16.5 Å². The number of halogens is 1. The lowest BCUT2D eigenvalue weighted by atomic mass is 9.87. The molecule has 2 N–H and O–H groups in total. The summed E-state index contributed by atoms with van der Waals surface area (Å²) in [4.78, 5) is 7.17. The Bertz CT molecular complexity index is 334. The number of nitrogens with two attached hydrogens (primary N) is 1. The molecule has 1 heterocycles. The Balaban J connectivity index is 3.23. The van der Waals surface area contributed by atoms with Crippen LogP contribution in [0.25, 0.3) is 0 Å². The van der Waals surface area contributed by atoms with Crippen molar-refractivity contribution in [2.24, 2.45) is 0 Å². The van der Waals surface area contributed by atoms with Crippen LogP contribution in [-0.4, -0.2) is 9.97 Å². The van der Waals surface area contributed by atoms with Crippen LogP contribution < -0.4 is 5.73 Å². The Morgan fingerprint density at radius 3 is 2.69 bits per heavy atom. The van der Waals surface area contributed by atoms with E-state index in [-0.39, 0.29) is 5.95 Å². The minimum Gasteiger partial charge on any atom is -0.368 e. The second-order valence-corrected chi connectivity index (χ2v) is 3.36. The molecule has 0 aromatic carbocycles. The molecule has 0 amide bonds. The van der Waals surface area contributed by atoms with Crippen molar-refractivity contribution in [3.63, 3.8) is 0 Å². The van der Waals surface area contributed by atoms with Crippen LogP contribution in [-0.2, 0) is 5.41 Å². The normalized spacial score (nSPS) is 11.3. The Kier molecular flexibility index (Phi) is 2.32. The number of allylic oxidation sites excluding steroid dienone is 1. The number of nitrogen functional groups attached to an aromatic ring is 1. The molecule has 0 aliphatic heterocycles. The second kappa shape index (κ2) is 3.12. The Labute approximate surface area is 76.5 Å². The Hall–Kier alpha value is -1.45. The number of aromatic nitrogens is 2. The molecule has 0 saturated carbocycles. The minimum atomic E-state index is -0.586. The van der Waals surface area contributed by atoms with Gasteiger partial charge < -0.3 is 5.73 Å². The standard InChI is InChI=1S/C9H12FN3/c1-4-9(2,3)6-5-12-8(11)13-7(6)10/h4-5H,1H2,2-3H3,(H2,11,12,13). The summed E-state index contributed by atoms with van der Waals surface area (Å²) in [6.45, 7) is 7.28. The highest BCUT2D eigenvalue weighted by molar-refractivity contribution is 5.27. The van der Waals surface area contributed by atoms with E-state index >= 15 is 0 Å². The number of rotatable bonds is 2. The molecular weight excluding hydrogens is 169 g/mol. The van der Waals surface area contributed by atoms with Crippen LogP contribution in [0, 0.1) is 5.95 Å². The summed E-state index contributed by atoms with van der Waals surface area (Å²) in [5.74, 6) is -0.640. The van der Waals surface area contributed by atoms with Crippen molar-refractivity contribution < 1.29 is 4.39 Å². The van der Waals surface area contributed by atoms with Gasteiger partial charge in [-0.1, -0.05) is 19.9 Å². The first-order valence-electron chi connectivity index (χ1n) is 3.89. The predicted molar refractivity (Wildman–Crippen MR) is 49.6 cm³/mol. The van der Waals surface area contributed by atoms with Gasteiger partial charge in [-0.2, -0.15) is 9.37 Å². The zero-order valence-corrected chi connectivity index (χ0v) is 7.71. The topological polar surface area (TPSA) is 51.8 Å². The predicted octanol–water partition coefficient (Wildman–Crippen LogP) is 1.66. The molecule has 0 spiro atoms. The number of hydrogen-bond donors (Lipinski definition) is 1. The van der Waals surface area contributed by atoms with Crippen LogP contribution in [0.4, 0.5) is 10.3 Å². The lowest BCUT2D eigenvalue weighted by molar-refractivity contribution is 0.523. The van der Waals surface area contributed by atoms with Gasteiger partial charge in [-0.05, 0) is 0 Å². The first kappa shape index (κ1) is 9.64. The van der Waals surface area contributed by atoms with E-state index in [4.69, 9.17) is 5.73 Å². The third-order valence-electron chi connectivity index (χ3n) is 1.97. The first-order chi connectivity index (χ1) is 5.97. The lowest BCUT2D eigenvalue weighted by Gasteiger charge is -2.19. The molecule has 0 bridgehead atoms. The van der Waals surface area contributed by atoms with E-state index in [1.165, 1.54) is 6.20 Å². The molecule has 13 heavy (non-hydrogen) atoms. The van der Waals surface area contributed by atoms with Crippen LogP contribution in [0.1, 0.15) is 19.4 Å². The van der Waals surface area contributed by atoms with Gasteiger partial charge in [-0.3, -0.25) is 0 Å². The number of hydrogen-bond acceptors (Lipinski definition) is 3. The van der Waals surface area contributed by atoms with E-state index in [0.717, 1.165) is 0 Å². The third-order valence-corrected chi connectivity index (χ3v) is 1.97. The van der Waals surface area contributed by atoms with Crippen molar-refractivity contribution in [2.75, 3.05) is 5.73 Å². The van der Waals surface area contributed by atoms with Gasteiger partial charge in [-0.15, -0.1) is 6.58 Å². The zero-order valence-electron chi connectivity index (χ0n) is 7.71. The highest BCUT2D eigenvalue weighted by Crippen LogP contribution is 2.25. The van der Waals surface area contributed by atoms with Crippen molar-refractivity contribution in [3.05, 3.63) is 30.4 Å². The molecular formula is C9H12FN3. The molecule has 1 aromatic heterocycles. The summed E-state index contributed by atoms with van der Waals surface area (Å²) in [5.41, 5.74) is 5.15. The smallest absolute Gasteiger partial charge is 0.222 e. The first-order valence-corrected chi connectivity index (χ1v) is 3.89. The van der Waals surface area contributed by atoms with Gasteiger partial charge >= 0.3 is 0 Å². The minimum absolute atomic E-state index is 0.0545. The summed E-state index contributed by atoms with van der Waals surface area (Å²) < 4.78 is 13.3. The lowest BCUT2D eigenvalue weighted by Crippen LogP contribution is -2.17. The average Bonchev–Trinajstić information content (AvgIpc) is 2.03. The molecule has 4 heteroatoms. The van der Waals surface area contributed by atoms with Gasteiger partial charge in [0.2, 0.25) is 11.9 Å². The van der Waals surface area contributed by atoms with Gasteiger partial charge in [-0.25, -0.2) is 4.98 Å². The van der Waals surface area contributed by atoms with Crippen molar-refractivity contribution in [3.8, 4) is 0 Å². The summed E-state index contributed by atoms with van der Waals surface area (Å²) >= 11 is 0. The maximum absolute atomic E-state index is 13.3. The monoisotopic (exact) mass is 181 g/mol. The van der Waals surface area contributed by atoms with Crippen LogP contribution >= 0.6 is 0 Å². The van der Waals surface area contributed by atoms with Gasteiger partial charge in [0.05, 0.1) is 0 Å². The summed E-state index contributed by atoms with van der Waals surface area (Å²) in [5, 5.41) is 0. The molecule has 3 nitrogen and oxygen atoms in total. The van der Waals surface area contributed by atoms with Crippen LogP contribution in [0.5, 0.6) is 0 Å². The molecule has 0 aliphatic carbocycles. The molecule has 0 atom stereocenters. The quantitative estimate of drug-likeness (QED) is 0.557. The highest BCUT2D eigenvalue weighted by atomic mass is 19.1. The molecule has 0 saturated heterocycles. The average molecular weight is 181 g/mol. The third kappa shape index (κ3) is 1.83. The van der Waals surface area contributed by atoms with Crippen molar-refractivity contribution in [1.29, 1.82) is 0 Å². The fourth-order valence-electron chi connectivity index (χ4n) is 0.916. The van der Waals surface area contributed by atoms with Gasteiger partial charge in [0.15, 0.2) is 0 Å². The summed E-state index contributed by atoms with van der Waals surface area (Å²) in [7, 11) is 0. The molecule has 0 fully saturated rings. The van der Waals surface area contributed by atoms with Crippen molar-refractivity contribution in [1.82, 2.24) is 9.97 Å². The fourth-order valence-corrected chi connectivity index (χ4v) is 0.916. The van der Waals surface area contributed by atoms with Crippen LogP contribution in [0.15, 0.2) is 18.9 Å². The molecule has 1 rings (SSSR count). The Morgan fingerprint density at radius 1 is 1.62 bits per heavy atom. The largest absolute Gasteiger partial charge is 0.368 e. The van der Waals surface area contributed by atoms with E-state index < -0.39 is 11.4 Å². The number of nitrogens with zero attached hydrogens (tertiary/aromatic N) is 2. The summed E-state index contributed by atoms with van der Waals surface area (Å²) in [6.07, 6.45) is 3.03. The second-order valence-electron chi connectivity index (χ2n) is 3.36. The van der Waals surface area contributed by atoms with Crippen molar-refractivity contribution >= 4 is 5.95 Å². The van der Waals surface area contributed by atoms with Gasteiger partial charge in [0.25, 0.3) is 0 Å². The molecule has 0 unspecified atom stereocenters. The van der Waals surface area contributed by atoms with Gasteiger partial charge in [0, 0.05) is 17.2 Å². The zero-order chi connectivity index (χ0) is 10.1. The molecule has 0 radical (unpaired) electrons. The van der Waals surface area contributed by atoms with E-state index in [1.807, 2.05) is 13.8 Å². The van der Waals surface area contributed by atoms with Gasteiger partial charge in [0.1, 0.15) is 0 Å². The molecule has 70 valence electrons. The maximum atomic E-state index is 13.3. The SMILES string of the molecule is C=CC(C)(C)c1cnc(N)nc1F. The molecule has 1 aromatic rings.